The van der Waals surface area contributed by atoms with Gasteiger partial charge in [0.2, 0.25) is 5.91 Å². The molecule has 4 rings (SSSR count). The summed E-state index contributed by atoms with van der Waals surface area (Å²) in [5, 5.41) is 8.77. The fraction of sp³-hybridized carbons (Fsp3) is 0.375. The molecule has 0 aliphatic carbocycles. The molecular formula is C24H28N4O2S. The van der Waals surface area contributed by atoms with Crippen LogP contribution < -0.4 is 10.3 Å². The average molecular weight is 437 g/mol. The first-order valence-corrected chi connectivity index (χ1v) is 11.8. The van der Waals surface area contributed by atoms with Crippen molar-refractivity contribution >= 4 is 40.7 Å². The summed E-state index contributed by atoms with van der Waals surface area (Å²) in [6.45, 7) is 7.11. The molecule has 1 N–H and O–H groups in total. The maximum Gasteiger partial charge on any atom is 0.271 e. The number of rotatable bonds is 5. The number of hydrazone groups is 1. The molecule has 7 heteroatoms. The second-order valence-corrected chi connectivity index (χ2v) is 9.25. The highest BCUT2D eigenvalue weighted by atomic mass is 32.2. The van der Waals surface area contributed by atoms with Gasteiger partial charge >= 0.3 is 0 Å². The molecule has 1 fully saturated rings. The van der Waals surface area contributed by atoms with Gasteiger partial charge in [0.15, 0.2) is 0 Å². The van der Waals surface area contributed by atoms with Crippen molar-refractivity contribution in [2.45, 2.75) is 33.2 Å². The minimum Gasteiger partial charge on any atom is -0.321 e. The number of nitrogens with one attached hydrogen (secondary N) is 1. The Labute approximate surface area is 187 Å². The normalized spacial score (nSPS) is 17.4. The third-order valence-corrected chi connectivity index (χ3v) is 6.68. The van der Waals surface area contributed by atoms with Crippen LogP contribution in [0.3, 0.4) is 0 Å². The van der Waals surface area contributed by atoms with Crippen LogP contribution in [0.25, 0.3) is 0 Å². The minimum atomic E-state index is -0.250. The van der Waals surface area contributed by atoms with Crippen molar-refractivity contribution in [2.24, 2.45) is 5.10 Å². The largest absolute Gasteiger partial charge is 0.321 e. The molecular weight excluding hydrogens is 408 g/mol. The monoisotopic (exact) mass is 436 g/mol. The van der Waals surface area contributed by atoms with E-state index in [9.17, 15) is 9.59 Å². The van der Waals surface area contributed by atoms with Crippen LogP contribution in [0.5, 0.6) is 0 Å². The second-order valence-electron chi connectivity index (χ2n) is 8.02. The zero-order valence-corrected chi connectivity index (χ0v) is 18.9. The molecule has 0 saturated carbocycles. The van der Waals surface area contributed by atoms with Crippen LogP contribution in [-0.4, -0.2) is 47.0 Å². The molecule has 0 spiro atoms. The number of carbonyl (C=O) groups is 2. The second kappa shape index (κ2) is 9.66. The van der Waals surface area contributed by atoms with E-state index >= 15 is 0 Å². The van der Waals surface area contributed by atoms with E-state index < -0.39 is 0 Å². The van der Waals surface area contributed by atoms with Gasteiger partial charge in [-0.2, -0.15) is 16.9 Å². The molecule has 0 unspecified atom stereocenters. The number of benzene rings is 2. The summed E-state index contributed by atoms with van der Waals surface area (Å²) in [6, 6.07) is 13.6. The zero-order chi connectivity index (χ0) is 21.8. The maximum atomic E-state index is 13.0. The lowest BCUT2D eigenvalue weighted by atomic mass is 10.1. The lowest BCUT2D eigenvalue weighted by molar-refractivity contribution is -0.118. The molecule has 2 aliphatic rings. The van der Waals surface area contributed by atoms with Crippen LogP contribution in [0.4, 0.5) is 11.4 Å². The van der Waals surface area contributed by atoms with Crippen LogP contribution in [0, 0.1) is 13.8 Å². The molecule has 0 bridgehead atoms. The molecule has 2 heterocycles. The Morgan fingerprint density at radius 2 is 1.87 bits per heavy atom. The van der Waals surface area contributed by atoms with Crippen molar-refractivity contribution < 1.29 is 9.59 Å². The summed E-state index contributed by atoms with van der Waals surface area (Å²) >= 11 is 2.00. The number of thioether (sulfide) groups is 1. The van der Waals surface area contributed by atoms with Gasteiger partial charge in [-0.25, -0.2) is 5.01 Å². The van der Waals surface area contributed by atoms with E-state index in [1.54, 1.807) is 0 Å². The summed E-state index contributed by atoms with van der Waals surface area (Å²) in [5.41, 5.74) is 5.21. The van der Waals surface area contributed by atoms with Gasteiger partial charge in [-0.1, -0.05) is 24.3 Å². The predicted octanol–water partition coefficient (Wildman–Crippen LogP) is 3.97. The third-order valence-electron chi connectivity index (χ3n) is 5.73. The number of hydrogen-bond donors (Lipinski definition) is 1. The molecule has 0 radical (unpaired) electrons. The van der Waals surface area contributed by atoms with Crippen LogP contribution in [0.1, 0.15) is 29.5 Å². The highest BCUT2D eigenvalue weighted by Crippen LogP contribution is 2.24. The van der Waals surface area contributed by atoms with Gasteiger partial charge in [0, 0.05) is 49.7 Å². The first-order chi connectivity index (χ1) is 15.0. The number of nitrogens with zero attached hydrogens (tertiary/aromatic N) is 3. The van der Waals surface area contributed by atoms with Gasteiger partial charge in [0.25, 0.3) is 5.91 Å². The number of anilines is 2. The Bertz CT molecular complexity index is 1010. The molecule has 2 amide bonds. The molecule has 2 aliphatic heterocycles. The summed E-state index contributed by atoms with van der Waals surface area (Å²) in [5.74, 6) is 2.00. The Morgan fingerprint density at radius 3 is 2.65 bits per heavy atom. The van der Waals surface area contributed by atoms with Gasteiger partial charge in [-0.15, -0.1) is 0 Å². The Balaban J connectivity index is 1.50. The van der Waals surface area contributed by atoms with Crippen LogP contribution in [0.15, 0.2) is 47.6 Å². The van der Waals surface area contributed by atoms with Crippen molar-refractivity contribution in [3.05, 3.63) is 59.2 Å². The van der Waals surface area contributed by atoms with Crippen molar-refractivity contribution in [3.8, 4) is 0 Å². The Kier molecular flexibility index (Phi) is 6.73. The molecule has 31 heavy (non-hydrogen) atoms. The summed E-state index contributed by atoms with van der Waals surface area (Å²) in [4.78, 5) is 27.8. The van der Waals surface area contributed by atoms with E-state index in [1.165, 1.54) is 22.1 Å². The SMILES string of the molecule is Cc1cccc(N2N=C(C(=O)Nc3cccc(CN4CCSCC4)c3C)CCC2=O)c1. The van der Waals surface area contributed by atoms with E-state index in [4.69, 9.17) is 0 Å². The van der Waals surface area contributed by atoms with Crippen LogP contribution in [-0.2, 0) is 16.1 Å². The maximum absolute atomic E-state index is 13.0. The topological polar surface area (TPSA) is 65.0 Å². The van der Waals surface area contributed by atoms with E-state index in [0.717, 1.165) is 36.4 Å². The van der Waals surface area contributed by atoms with Gasteiger partial charge < -0.3 is 5.32 Å². The number of aryl methyl sites for hydroxylation is 1. The first-order valence-electron chi connectivity index (χ1n) is 10.7. The van der Waals surface area contributed by atoms with Crippen molar-refractivity contribution in [3.63, 3.8) is 0 Å². The zero-order valence-electron chi connectivity index (χ0n) is 18.1. The third kappa shape index (κ3) is 5.17. The van der Waals surface area contributed by atoms with Gasteiger partial charge in [-0.05, 0) is 48.7 Å². The molecule has 162 valence electrons. The molecule has 0 aromatic heterocycles. The van der Waals surface area contributed by atoms with Gasteiger partial charge in [0.1, 0.15) is 5.71 Å². The quantitative estimate of drug-likeness (QED) is 0.770. The Hall–Kier alpha value is -2.64. The molecule has 0 atom stereocenters. The highest BCUT2D eigenvalue weighted by Gasteiger charge is 2.26. The highest BCUT2D eigenvalue weighted by molar-refractivity contribution is 7.99. The molecule has 2 aromatic carbocycles. The van der Waals surface area contributed by atoms with Crippen molar-refractivity contribution in [2.75, 3.05) is 34.9 Å². The van der Waals surface area contributed by atoms with Crippen LogP contribution in [0.2, 0.25) is 0 Å². The number of hydrogen-bond acceptors (Lipinski definition) is 5. The van der Waals surface area contributed by atoms with Gasteiger partial charge in [-0.3, -0.25) is 14.5 Å². The average Bonchev–Trinajstić information content (AvgIpc) is 2.77. The summed E-state index contributed by atoms with van der Waals surface area (Å²) in [7, 11) is 0. The fourth-order valence-corrected chi connectivity index (χ4v) is 4.84. The molecule has 6 nitrogen and oxygen atoms in total. The lowest BCUT2D eigenvalue weighted by Crippen LogP contribution is -2.36. The van der Waals surface area contributed by atoms with E-state index in [1.807, 2.05) is 55.1 Å². The van der Waals surface area contributed by atoms with E-state index in [-0.39, 0.29) is 18.2 Å². The van der Waals surface area contributed by atoms with Crippen molar-refractivity contribution in [1.82, 2.24) is 4.90 Å². The van der Waals surface area contributed by atoms with Gasteiger partial charge in [0.05, 0.1) is 5.69 Å². The standard InChI is InChI=1S/C24H28N4O2S/c1-17-5-3-7-20(15-17)28-23(29)10-9-22(26-28)24(30)25-21-8-4-6-19(18(21)2)16-27-11-13-31-14-12-27/h3-8,15H,9-14,16H2,1-2H3,(H,25,30). The molecule has 1 saturated heterocycles. The van der Waals surface area contributed by atoms with E-state index in [2.05, 4.69) is 28.3 Å². The molecule has 2 aromatic rings. The summed E-state index contributed by atoms with van der Waals surface area (Å²) < 4.78 is 0. The minimum absolute atomic E-state index is 0.0972. The van der Waals surface area contributed by atoms with Crippen LogP contribution >= 0.6 is 11.8 Å². The lowest BCUT2D eigenvalue weighted by Gasteiger charge is -2.27. The smallest absolute Gasteiger partial charge is 0.271 e. The number of amides is 2. The van der Waals surface area contributed by atoms with E-state index in [0.29, 0.717) is 17.8 Å². The first kappa shape index (κ1) is 21.6. The number of carbonyl (C=O) groups excluding carboxylic acids is 2. The fourth-order valence-electron chi connectivity index (χ4n) is 3.86. The predicted molar refractivity (Wildman–Crippen MR) is 128 cm³/mol. The van der Waals surface area contributed by atoms with Crippen molar-refractivity contribution in [1.29, 1.82) is 0 Å². The summed E-state index contributed by atoms with van der Waals surface area (Å²) in [6.07, 6.45) is 0.614. The Morgan fingerprint density at radius 1 is 1.10 bits per heavy atom.